The van der Waals surface area contributed by atoms with E-state index in [1.54, 1.807) is 24.3 Å². The number of amides is 2. The molecule has 0 aromatic heterocycles. The Hall–Kier alpha value is -0.680. The van der Waals surface area contributed by atoms with Gasteiger partial charge in [-0.05, 0) is 12.1 Å². The second-order valence-corrected chi connectivity index (χ2v) is 5.58. The zero-order chi connectivity index (χ0) is 12.6. The van der Waals surface area contributed by atoms with Crippen LogP contribution in [0.15, 0.2) is 33.1 Å². The largest absolute Gasteiger partial charge is 0.272 e. The predicted molar refractivity (Wildman–Crippen MR) is 69.1 cm³/mol. The third-order valence-electron chi connectivity index (χ3n) is 2.08. The van der Waals surface area contributed by atoms with E-state index in [2.05, 4.69) is 0 Å². The number of hydrogen-bond acceptors (Lipinski definition) is 3. The van der Waals surface area contributed by atoms with Gasteiger partial charge < -0.3 is 0 Å². The number of imide groups is 1. The van der Waals surface area contributed by atoms with E-state index in [0.717, 1.165) is 4.31 Å². The van der Waals surface area contributed by atoms with Crippen molar-refractivity contribution in [2.24, 2.45) is 0 Å². The van der Waals surface area contributed by atoms with Crippen molar-refractivity contribution < 1.29 is 9.59 Å². The van der Waals surface area contributed by atoms with E-state index >= 15 is 0 Å². The molecule has 1 aromatic rings. The molecule has 1 heterocycles. The highest BCUT2D eigenvalue weighted by molar-refractivity contribution is 8.03. The number of nitrogens with zero attached hydrogens (tertiary/aromatic N) is 1. The Morgan fingerprint density at radius 2 is 1.47 bits per heavy atom. The van der Waals surface area contributed by atoms with Crippen LogP contribution in [0.5, 0.6) is 0 Å². The molecule has 0 N–H and O–H groups in total. The van der Waals surface area contributed by atoms with Gasteiger partial charge in [0.15, 0.2) is 0 Å². The number of benzene rings is 1. The smallest absolute Gasteiger partial charge is 0.268 e. The Bertz CT molecular complexity index is 505. The Balaban J connectivity index is 2.34. The topological polar surface area (TPSA) is 37.4 Å². The number of rotatable bonds is 2. The fraction of sp³-hybridized carbons (Fsp3) is 0. The Morgan fingerprint density at radius 3 is 1.88 bits per heavy atom. The maximum absolute atomic E-state index is 11.9. The van der Waals surface area contributed by atoms with Gasteiger partial charge in [-0.15, -0.1) is 0 Å². The number of halogens is 3. The first kappa shape index (κ1) is 12.8. The van der Waals surface area contributed by atoms with Gasteiger partial charge >= 0.3 is 0 Å². The summed E-state index contributed by atoms with van der Waals surface area (Å²) in [6, 6.07) is 6.53. The van der Waals surface area contributed by atoms with Crippen molar-refractivity contribution in [3.8, 4) is 0 Å². The van der Waals surface area contributed by atoms with Crippen LogP contribution in [-0.2, 0) is 0 Å². The molecule has 2 rings (SSSR count). The highest BCUT2D eigenvalue weighted by atomic mass is 35.5. The first-order chi connectivity index (χ1) is 8.02. The first-order valence-electron chi connectivity index (χ1n) is 4.39. The lowest BCUT2D eigenvalue weighted by Gasteiger charge is -2.10. The van der Waals surface area contributed by atoms with Gasteiger partial charge in [0.25, 0.3) is 11.8 Å². The van der Waals surface area contributed by atoms with Gasteiger partial charge in [-0.1, -0.05) is 46.9 Å². The van der Waals surface area contributed by atoms with Gasteiger partial charge in [0.1, 0.15) is 8.86 Å². The van der Waals surface area contributed by atoms with E-state index in [1.807, 2.05) is 0 Å². The van der Waals surface area contributed by atoms with Crippen LogP contribution in [0.25, 0.3) is 0 Å². The Morgan fingerprint density at radius 1 is 1.00 bits per heavy atom. The maximum Gasteiger partial charge on any atom is 0.272 e. The van der Waals surface area contributed by atoms with Crippen LogP contribution in [0.1, 0.15) is 20.7 Å². The van der Waals surface area contributed by atoms with Crippen LogP contribution in [0, 0.1) is 0 Å². The summed E-state index contributed by atoms with van der Waals surface area (Å²) in [7, 11) is 0. The summed E-state index contributed by atoms with van der Waals surface area (Å²) >= 11 is 17.3. The highest BCUT2D eigenvalue weighted by Gasteiger charge is 2.36. The summed E-state index contributed by atoms with van der Waals surface area (Å²) in [4.78, 5) is 23.8. The van der Waals surface area contributed by atoms with Gasteiger partial charge in [0, 0.05) is 11.9 Å². The lowest BCUT2D eigenvalue weighted by molar-refractivity contribution is 0.0778. The van der Waals surface area contributed by atoms with Crippen LogP contribution >= 0.6 is 46.8 Å². The summed E-state index contributed by atoms with van der Waals surface area (Å²) in [5.41, 5.74) is 0.695. The molecule has 0 radical (unpaired) electrons. The van der Waals surface area contributed by atoms with E-state index in [4.69, 9.17) is 34.8 Å². The molecule has 1 aromatic carbocycles. The molecule has 0 saturated heterocycles. The van der Waals surface area contributed by atoms with Crippen molar-refractivity contribution in [2.75, 3.05) is 0 Å². The summed E-state index contributed by atoms with van der Waals surface area (Å²) in [5, 5.41) is 0. The third-order valence-corrected chi connectivity index (χ3v) is 4.15. The molecular formula is C10H4Cl3NO2S. The summed E-state index contributed by atoms with van der Waals surface area (Å²) in [6.45, 7) is 0. The fourth-order valence-electron chi connectivity index (χ4n) is 1.36. The van der Waals surface area contributed by atoms with Crippen molar-refractivity contribution >= 4 is 58.6 Å². The minimum Gasteiger partial charge on any atom is -0.268 e. The van der Waals surface area contributed by atoms with Gasteiger partial charge in [0.2, 0.25) is 0 Å². The third kappa shape index (κ3) is 2.31. The normalized spacial score (nSPS) is 13.9. The number of carbonyl (C=O) groups is 2. The van der Waals surface area contributed by atoms with Gasteiger partial charge in [-0.2, -0.15) is 0 Å². The van der Waals surface area contributed by atoms with Crippen LogP contribution in [0.2, 0.25) is 0 Å². The summed E-state index contributed by atoms with van der Waals surface area (Å²) in [5.74, 6) is -0.855. The lowest BCUT2D eigenvalue weighted by atomic mass is 10.1. The molecule has 3 nitrogen and oxygen atoms in total. The zero-order valence-electron chi connectivity index (χ0n) is 8.12. The van der Waals surface area contributed by atoms with E-state index in [9.17, 15) is 9.59 Å². The van der Waals surface area contributed by atoms with Gasteiger partial charge in [-0.3, -0.25) is 9.59 Å². The molecule has 0 aliphatic carbocycles. The standard InChI is InChI=1S/C10H4Cl3NO2S/c11-7(12)8(13)17-14-9(15)5-3-1-2-4-6(5)10(14)16/h1-4H. The fourth-order valence-corrected chi connectivity index (χ4v) is 2.37. The first-order valence-corrected chi connectivity index (χ1v) is 6.29. The molecule has 0 atom stereocenters. The molecule has 7 heteroatoms. The van der Waals surface area contributed by atoms with E-state index in [-0.39, 0.29) is 8.86 Å². The lowest BCUT2D eigenvalue weighted by Crippen LogP contribution is -2.21. The highest BCUT2D eigenvalue weighted by Crippen LogP contribution is 2.36. The van der Waals surface area contributed by atoms with E-state index in [0.29, 0.717) is 23.1 Å². The number of hydrogen-bond donors (Lipinski definition) is 0. The van der Waals surface area contributed by atoms with Crippen LogP contribution in [0.4, 0.5) is 0 Å². The van der Waals surface area contributed by atoms with Crippen molar-refractivity contribution in [3.05, 3.63) is 44.2 Å². The average molecular weight is 309 g/mol. The molecular weight excluding hydrogens is 305 g/mol. The second-order valence-electron chi connectivity index (χ2n) is 3.08. The van der Waals surface area contributed by atoms with Crippen molar-refractivity contribution in [2.45, 2.75) is 0 Å². The van der Waals surface area contributed by atoms with Crippen LogP contribution < -0.4 is 0 Å². The summed E-state index contributed by atoms with van der Waals surface area (Å²) in [6.07, 6.45) is 0. The second kappa shape index (κ2) is 4.90. The SMILES string of the molecule is O=C1c2ccccc2C(=O)N1SC(Cl)=C(Cl)Cl. The molecule has 0 fully saturated rings. The molecule has 17 heavy (non-hydrogen) atoms. The molecule has 0 unspecified atom stereocenters. The number of carbonyl (C=O) groups excluding carboxylic acids is 2. The van der Waals surface area contributed by atoms with Crippen LogP contribution in [-0.4, -0.2) is 16.1 Å². The molecule has 88 valence electrons. The Kier molecular flexibility index (Phi) is 3.68. The van der Waals surface area contributed by atoms with E-state index in [1.165, 1.54) is 0 Å². The maximum atomic E-state index is 11.9. The van der Waals surface area contributed by atoms with Gasteiger partial charge in [-0.25, -0.2) is 4.31 Å². The quantitative estimate of drug-likeness (QED) is 0.616. The molecule has 1 aliphatic heterocycles. The monoisotopic (exact) mass is 307 g/mol. The van der Waals surface area contributed by atoms with Gasteiger partial charge in [0.05, 0.1) is 11.1 Å². The minimum absolute atomic E-state index is 0.0251. The van der Waals surface area contributed by atoms with Crippen molar-refractivity contribution in [1.82, 2.24) is 4.31 Å². The zero-order valence-corrected chi connectivity index (χ0v) is 11.2. The van der Waals surface area contributed by atoms with Crippen molar-refractivity contribution in [1.29, 1.82) is 0 Å². The number of fused-ring (bicyclic) bond motifs is 1. The van der Waals surface area contributed by atoms with E-state index < -0.39 is 11.8 Å². The van der Waals surface area contributed by atoms with Crippen LogP contribution in [0.3, 0.4) is 0 Å². The average Bonchev–Trinajstić information content (AvgIpc) is 2.55. The Labute approximate surface area is 116 Å². The molecule has 0 saturated carbocycles. The molecule has 0 spiro atoms. The summed E-state index contributed by atoms with van der Waals surface area (Å²) < 4.78 is 0.716. The minimum atomic E-state index is -0.427. The predicted octanol–water partition coefficient (Wildman–Crippen LogP) is 3.77. The van der Waals surface area contributed by atoms with Crippen molar-refractivity contribution in [3.63, 3.8) is 0 Å². The molecule has 0 bridgehead atoms. The molecule has 1 aliphatic rings. The molecule has 2 amide bonds.